The lowest BCUT2D eigenvalue weighted by molar-refractivity contribution is 0.0930. The zero-order chi connectivity index (χ0) is 20.2. The average molecular weight is 412 g/mol. The third-order valence-electron chi connectivity index (χ3n) is 7.75. The fourth-order valence-corrected chi connectivity index (χ4v) is 6.35. The molecule has 1 aliphatic carbocycles. The van der Waals surface area contributed by atoms with Crippen LogP contribution in [0, 0.1) is 11.3 Å². The van der Waals surface area contributed by atoms with Gasteiger partial charge in [-0.3, -0.25) is 0 Å². The molecular formula is C23H30ClN5. The zero-order valence-corrected chi connectivity index (χ0v) is 17.7. The Morgan fingerprint density at radius 1 is 1.24 bits per heavy atom. The quantitative estimate of drug-likeness (QED) is 0.754. The lowest BCUT2D eigenvalue weighted by Crippen LogP contribution is -2.42. The van der Waals surface area contributed by atoms with E-state index in [0.29, 0.717) is 17.0 Å². The van der Waals surface area contributed by atoms with Gasteiger partial charge in [0.1, 0.15) is 5.82 Å². The summed E-state index contributed by atoms with van der Waals surface area (Å²) in [7, 11) is 0. The van der Waals surface area contributed by atoms with Crippen molar-refractivity contribution in [3.8, 4) is 0 Å². The van der Waals surface area contributed by atoms with E-state index in [1.807, 2.05) is 24.4 Å². The van der Waals surface area contributed by atoms with Crippen LogP contribution in [0.25, 0.3) is 11.0 Å². The molecule has 1 aromatic carbocycles. The minimum absolute atomic E-state index is 0.222. The van der Waals surface area contributed by atoms with Crippen LogP contribution in [0.5, 0.6) is 0 Å². The number of likely N-dealkylation sites (tertiary alicyclic amines) is 2. The van der Waals surface area contributed by atoms with Gasteiger partial charge in [0, 0.05) is 35.3 Å². The zero-order valence-electron chi connectivity index (χ0n) is 17.0. The largest absolute Gasteiger partial charge is 0.378 e. The van der Waals surface area contributed by atoms with E-state index in [1.165, 1.54) is 44.2 Å². The smallest absolute Gasteiger partial charge is 0.147 e. The number of fused-ring (bicyclic) bond motifs is 3. The molecule has 1 aromatic heterocycles. The molecule has 3 heterocycles. The molecule has 2 unspecified atom stereocenters. The molecule has 5 nitrogen and oxygen atoms in total. The topological polar surface area (TPSA) is 50.3 Å². The number of rotatable bonds is 3. The van der Waals surface area contributed by atoms with Crippen LogP contribution in [0.3, 0.4) is 0 Å². The second kappa shape index (κ2) is 6.98. The molecule has 6 heteroatoms. The van der Waals surface area contributed by atoms with E-state index in [0.717, 1.165) is 36.5 Å². The van der Waals surface area contributed by atoms with Crippen LogP contribution >= 0.6 is 11.6 Å². The minimum Gasteiger partial charge on any atom is -0.378 e. The summed E-state index contributed by atoms with van der Waals surface area (Å²) in [5, 5.41) is 0.682. The van der Waals surface area contributed by atoms with Gasteiger partial charge in [-0.05, 0) is 56.0 Å². The molecule has 3 aliphatic rings. The average Bonchev–Trinajstić information content (AvgIpc) is 3.17. The molecule has 2 aliphatic heterocycles. The van der Waals surface area contributed by atoms with E-state index in [4.69, 9.17) is 22.4 Å². The Kier molecular flexibility index (Phi) is 4.54. The lowest BCUT2D eigenvalue weighted by Gasteiger charge is -2.44. The highest BCUT2D eigenvalue weighted by Crippen LogP contribution is 2.58. The van der Waals surface area contributed by atoms with Crippen LogP contribution in [0.15, 0.2) is 43.3 Å². The Morgan fingerprint density at radius 2 is 2.00 bits per heavy atom. The van der Waals surface area contributed by atoms with Crippen LogP contribution in [0.1, 0.15) is 44.3 Å². The Hall–Kier alpha value is -2.14. The summed E-state index contributed by atoms with van der Waals surface area (Å²) < 4.78 is 1.71. The second-order valence-electron chi connectivity index (χ2n) is 8.94. The fraction of sp³-hybridized carbons (Fsp3) is 0.522. The lowest BCUT2D eigenvalue weighted by atomic mass is 9.64. The number of allylic oxidation sites excluding steroid dienone is 1. The van der Waals surface area contributed by atoms with E-state index in [1.54, 1.807) is 4.68 Å². The number of halogens is 1. The minimum atomic E-state index is 0.222. The van der Waals surface area contributed by atoms with Gasteiger partial charge in [-0.1, -0.05) is 37.6 Å². The summed E-state index contributed by atoms with van der Waals surface area (Å²) >= 11 is 6.17. The number of nitrogens with zero attached hydrogens (tertiary/aromatic N) is 4. The van der Waals surface area contributed by atoms with E-state index < -0.39 is 0 Å². The Balaban J connectivity index is 1.48. The van der Waals surface area contributed by atoms with Gasteiger partial charge in [0.15, 0.2) is 0 Å². The molecule has 1 spiro atoms. The Bertz CT molecular complexity index is 956. The first-order chi connectivity index (χ1) is 14.0. The first kappa shape index (κ1) is 18.9. The van der Waals surface area contributed by atoms with Crippen LogP contribution in [-0.4, -0.2) is 38.6 Å². The highest BCUT2D eigenvalue weighted by molar-refractivity contribution is 6.31. The standard InChI is InChI=1S/C23H30ClN5/c1-3-27-12-10-23(11-13-27)16(2)28(20-7-5-4-6-18(20)23)15-22-26-19-9-8-17(24)14-21(19)29(22)25/h3,8-9,14,18,20H,1-2,4-7,10-13,15,25H2. The fourth-order valence-electron chi connectivity index (χ4n) is 6.19. The van der Waals surface area contributed by atoms with Crippen molar-refractivity contribution in [3.63, 3.8) is 0 Å². The molecule has 2 aromatic rings. The van der Waals surface area contributed by atoms with Crippen molar-refractivity contribution in [1.82, 2.24) is 19.5 Å². The van der Waals surface area contributed by atoms with Crippen molar-refractivity contribution < 1.29 is 0 Å². The van der Waals surface area contributed by atoms with Crippen molar-refractivity contribution in [2.24, 2.45) is 11.3 Å². The number of imidazole rings is 1. The summed E-state index contributed by atoms with van der Waals surface area (Å²) in [4.78, 5) is 9.71. The van der Waals surface area contributed by atoms with Gasteiger partial charge >= 0.3 is 0 Å². The Morgan fingerprint density at radius 3 is 2.76 bits per heavy atom. The van der Waals surface area contributed by atoms with Crippen LogP contribution in [0.2, 0.25) is 5.02 Å². The molecule has 2 atom stereocenters. The molecule has 5 rings (SSSR count). The third-order valence-corrected chi connectivity index (χ3v) is 7.98. The number of nitrogen functional groups attached to an aromatic ring is 1. The highest BCUT2D eigenvalue weighted by Gasteiger charge is 2.55. The van der Waals surface area contributed by atoms with Gasteiger partial charge in [-0.2, -0.15) is 0 Å². The maximum absolute atomic E-state index is 6.43. The Labute approximate surface area is 177 Å². The van der Waals surface area contributed by atoms with Crippen molar-refractivity contribution in [3.05, 3.63) is 54.1 Å². The summed E-state index contributed by atoms with van der Waals surface area (Å²) in [5.74, 6) is 8.00. The summed E-state index contributed by atoms with van der Waals surface area (Å²) in [5.41, 5.74) is 3.31. The van der Waals surface area contributed by atoms with Gasteiger partial charge in [0.05, 0.1) is 17.6 Å². The monoisotopic (exact) mass is 411 g/mol. The summed E-state index contributed by atoms with van der Waals surface area (Å²) in [6.07, 6.45) is 9.52. The molecule has 154 valence electrons. The van der Waals surface area contributed by atoms with E-state index in [-0.39, 0.29) is 5.41 Å². The molecule has 29 heavy (non-hydrogen) atoms. The van der Waals surface area contributed by atoms with Crippen LogP contribution in [0.4, 0.5) is 0 Å². The number of nitrogens with two attached hydrogens (primary N) is 1. The summed E-state index contributed by atoms with van der Waals surface area (Å²) in [6, 6.07) is 6.26. The second-order valence-corrected chi connectivity index (χ2v) is 9.38. The molecule has 1 saturated carbocycles. The SMILES string of the molecule is C=CN1CCC2(CC1)C(=C)N(Cc1nc3ccc(Cl)cc3n1N)C1CCCCC12. The number of aromatic nitrogens is 2. The van der Waals surface area contributed by atoms with Gasteiger partial charge in [0.2, 0.25) is 0 Å². The van der Waals surface area contributed by atoms with E-state index in [9.17, 15) is 0 Å². The normalized spacial score (nSPS) is 26.3. The van der Waals surface area contributed by atoms with Crippen molar-refractivity contribution in [2.75, 3.05) is 18.9 Å². The molecule has 0 amide bonds. The van der Waals surface area contributed by atoms with E-state index >= 15 is 0 Å². The molecule has 2 saturated heterocycles. The van der Waals surface area contributed by atoms with Gasteiger partial charge in [0.25, 0.3) is 0 Å². The number of hydrogen-bond donors (Lipinski definition) is 1. The third kappa shape index (κ3) is 2.85. The van der Waals surface area contributed by atoms with Crippen molar-refractivity contribution in [1.29, 1.82) is 0 Å². The van der Waals surface area contributed by atoms with Crippen molar-refractivity contribution in [2.45, 2.75) is 51.1 Å². The van der Waals surface area contributed by atoms with Gasteiger partial charge in [-0.25, -0.2) is 9.66 Å². The predicted octanol–water partition coefficient (Wildman–Crippen LogP) is 4.52. The highest BCUT2D eigenvalue weighted by atomic mass is 35.5. The number of piperidine rings is 1. The number of hydrogen-bond acceptors (Lipinski definition) is 4. The van der Waals surface area contributed by atoms with Crippen LogP contribution in [-0.2, 0) is 6.54 Å². The number of benzene rings is 1. The molecule has 0 radical (unpaired) electrons. The maximum Gasteiger partial charge on any atom is 0.147 e. The van der Waals surface area contributed by atoms with E-state index in [2.05, 4.69) is 23.0 Å². The molecule has 0 bridgehead atoms. The first-order valence-corrected chi connectivity index (χ1v) is 11.2. The van der Waals surface area contributed by atoms with Crippen molar-refractivity contribution >= 4 is 22.6 Å². The van der Waals surface area contributed by atoms with Crippen LogP contribution < -0.4 is 5.84 Å². The molecular weight excluding hydrogens is 382 g/mol. The van der Waals surface area contributed by atoms with Gasteiger partial charge < -0.3 is 15.6 Å². The maximum atomic E-state index is 6.43. The predicted molar refractivity (Wildman–Crippen MR) is 119 cm³/mol. The first-order valence-electron chi connectivity index (χ1n) is 10.8. The summed E-state index contributed by atoms with van der Waals surface area (Å²) in [6.45, 7) is 11.5. The molecule has 3 fully saturated rings. The van der Waals surface area contributed by atoms with Gasteiger partial charge in [-0.15, -0.1) is 0 Å². The molecule has 2 N–H and O–H groups in total.